The van der Waals surface area contributed by atoms with Crippen LogP contribution in [0.2, 0.25) is 0 Å². The average Bonchev–Trinajstić information content (AvgIpc) is 3.26. The molecule has 5 heteroatoms. The fraction of sp³-hybridized carbons (Fsp3) is 0.368. The van der Waals surface area contributed by atoms with Crippen molar-refractivity contribution in [3.05, 3.63) is 70.2 Å². The standard InChI is InChI=1S/C19H24N4S/c1-2-3-9-18-21-12-17(22-18)14-23(15-19-20-10-11-24-19)13-16-7-5-4-6-8-16/h4-8,10-12H,2-3,9,13-15H2,1H3,(H,21,22). The molecule has 0 aliphatic carbocycles. The maximum Gasteiger partial charge on any atom is 0.107 e. The van der Waals surface area contributed by atoms with E-state index in [0.29, 0.717) is 0 Å². The van der Waals surface area contributed by atoms with E-state index < -0.39 is 0 Å². The van der Waals surface area contributed by atoms with Gasteiger partial charge in [-0.15, -0.1) is 11.3 Å². The van der Waals surface area contributed by atoms with Crippen LogP contribution in [0.4, 0.5) is 0 Å². The van der Waals surface area contributed by atoms with E-state index in [-0.39, 0.29) is 0 Å². The number of unbranched alkanes of at least 4 members (excludes halogenated alkanes) is 1. The highest BCUT2D eigenvalue weighted by molar-refractivity contribution is 7.09. The molecule has 0 bridgehead atoms. The maximum atomic E-state index is 4.52. The minimum Gasteiger partial charge on any atom is -0.345 e. The van der Waals surface area contributed by atoms with Crippen molar-refractivity contribution in [2.24, 2.45) is 0 Å². The van der Waals surface area contributed by atoms with Gasteiger partial charge in [-0.3, -0.25) is 4.90 Å². The zero-order chi connectivity index (χ0) is 16.6. The highest BCUT2D eigenvalue weighted by atomic mass is 32.1. The molecule has 0 saturated heterocycles. The van der Waals surface area contributed by atoms with Crippen LogP contribution in [-0.4, -0.2) is 19.9 Å². The fourth-order valence-electron chi connectivity index (χ4n) is 2.73. The van der Waals surface area contributed by atoms with Gasteiger partial charge in [0.05, 0.1) is 6.54 Å². The van der Waals surface area contributed by atoms with Gasteiger partial charge >= 0.3 is 0 Å². The molecule has 4 nitrogen and oxygen atoms in total. The zero-order valence-corrected chi connectivity index (χ0v) is 14.9. The molecule has 0 radical (unpaired) electrons. The lowest BCUT2D eigenvalue weighted by Gasteiger charge is -2.20. The first-order chi connectivity index (χ1) is 11.8. The van der Waals surface area contributed by atoms with Gasteiger partial charge in [-0.2, -0.15) is 0 Å². The van der Waals surface area contributed by atoms with Crippen molar-refractivity contribution in [2.45, 2.75) is 45.8 Å². The van der Waals surface area contributed by atoms with Crippen molar-refractivity contribution in [1.29, 1.82) is 0 Å². The number of aromatic amines is 1. The summed E-state index contributed by atoms with van der Waals surface area (Å²) in [6, 6.07) is 10.6. The SMILES string of the molecule is CCCCc1ncc(CN(Cc2ccccc2)Cc2nccs2)[nH]1. The van der Waals surface area contributed by atoms with Gasteiger partial charge in [0.25, 0.3) is 0 Å². The number of H-pyrrole nitrogens is 1. The monoisotopic (exact) mass is 340 g/mol. The van der Waals surface area contributed by atoms with Gasteiger partial charge in [0.1, 0.15) is 10.8 Å². The summed E-state index contributed by atoms with van der Waals surface area (Å²) in [5.74, 6) is 1.10. The van der Waals surface area contributed by atoms with Crippen LogP contribution in [0.25, 0.3) is 0 Å². The number of hydrogen-bond acceptors (Lipinski definition) is 4. The molecule has 126 valence electrons. The molecule has 2 aromatic heterocycles. The largest absolute Gasteiger partial charge is 0.345 e. The van der Waals surface area contributed by atoms with E-state index in [2.05, 4.69) is 57.1 Å². The van der Waals surface area contributed by atoms with Gasteiger partial charge in [0, 0.05) is 43.0 Å². The summed E-state index contributed by atoms with van der Waals surface area (Å²) < 4.78 is 0. The van der Waals surface area contributed by atoms with Crippen LogP contribution in [0.3, 0.4) is 0 Å². The van der Waals surface area contributed by atoms with Crippen molar-refractivity contribution >= 4 is 11.3 Å². The number of nitrogens with zero attached hydrogens (tertiary/aromatic N) is 3. The van der Waals surface area contributed by atoms with Crippen LogP contribution in [0, 0.1) is 0 Å². The summed E-state index contributed by atoms with van der Waals surface area (Å²) in [6.07, 6.45) is 7.26. The Morgan fingerprint density at radius 2 is 1.96 bits per heavy atom. The van der Waals surface area contributed by atoms with E-state index in [4.69, 9.17) is 0 Å². The summed E-state index contributed by atoms with van der Waals surface area (Å²) >= 11 is 1.71. The molecule has 0 aliphatic heterocycles. The molecule has 0 atom stereocenters. The average molecular weight is 340 g/mol. The summed E-state index contributed by atoms with van der Waals surface area (Å²) in [5, 5.41) is 3.19. The highest BCUT2D eigenvalue weighted by Gasteiger charge is 2.11. The lowest BCUT2D eigenvalue weighted by atomic mass is 10.2. The van der Waals surface area contributed by atoms with Crippen molar-refractivity contribution in [2.75, 3.05) is 0 Å². The van der Waals surface area contributed by atoms with Gasteiger partial charge in [-0.25, -0.2) is 9.97 Å². The molecule has 0 unspecified atom stereocenters. The second-order valence-corrected chi connectivity index (χ2v) is 6.99. The number of thiazole rings is 1. The predicted molar refractivity (Wildman–Crippen MR) is 98.7 cm³/mol. The van der Waals surface area contributed by atoms with E-state index in [0.717, 1.165) is 36.9 Å². The molecule has 1 aromatic carbocycles. The summed E-state index contributed by atoms with van der Waals surface area (Å²) in [5.41, 5.74) is 2.49. The normalized spacial score (nSPS) is 11.2. The van der Waals surface area contributed by atoms with Gasteiger partial charge in [0.15, 0.2) is 0 Å². The van der Waals surface area contributed by atoms with E-state index in [1.807, 2.05) is 17.8 Å². The highest BCUT2D eigenvalue weighted by Crippen LogP contribution is 2.15. The molecule has 0 amide bonds. The first-order valence-electron chi connectivity index (χ1n) is 8.51. The molecule has 3 rings (SSSR count). The topological polar surface area (TPSA) is 44.8 Å². The Balaban J connectivity index is 1.68. The van der Waals surface area contributed by atoms with E-state index in [1.165, 1.54) is 24.1 Å². The first kappa shape index (κ1) is 16.9. The van der Waals surface area contributed by atoms with E-state index >= 15 is 0 Å². The predicted octanol–water partition coefficient (Wildman–Crippen LogP) is 4.41. The van der Waals surface area contributed by atoms with E-state index in [1.54, 1.807) is 11.3 Å². The molecule has 0 fully saturated rings. The van der Waals surface area contributed by atoms with Crippen molar-refractivity contribution in [1.82, 2.24) is 19.9 Å². The smallest absolute Gasteiger partial charge is 0.107 e. The van der Waals surface area contributed by atoms with Crippen LogP contribution in [0.5, 0.6) is 0 Å². The minimum absolute atomic E-state index is 0.855. The molecule has 0 saturated carbocycles. The number of aromatic nitrogens is 3. The third-order valence-electron chi connectivity index (χ3n) is 3.93. The van der Waals surface area contributed by atoms with Crippen molar-refractivity contribution in [3.63, 3.8) is 0 Å². The molecule has 24 heavy (non-hydrogen) atoms. The molecule has 2 heterocycles. The number of imidazole rings is 1. The lowest BCUT2D eigenvalue weighted by molar-refractivity contribution is 0.244. The van der Waals surface area contributed by atoms with Gasteiger partial charge in [0.2, 0.25) is 0 Å². The Morgan fingerprint density at radius 3 is 2.71 bits per heavy atom. The third kappa shape index (κ3) is 5.01. The number of nitrogens with one attached hydrogen (secondary N) is 1. The summed E-state index contributed by atoms with van der Waals surface area (Å²) in [7, 11) is 0. The first-order valence-corrected chi connectivity index (χ1v) is 9.39. The van der Waals surface area contributed by atoms with E-state index in [9.17, 15) is 0 Å². The lowest BCUT2D eigenvalue weighted by Crippen LogP contribution is -2.22. The summed E-state index contributed by atoms with van der Waals surface area (Å²) in [4.78, 5) is 14.8. The third-order valence-corrected chi connectivity index (χ3v) is 4.70. The molecule has 0 aliphatic rings. The Morgan fingerprint density at radius 1 is 1.08 bits per heavy atom. The molecule has 3 aromatic rings. The Hall–Kier alpha value is -1.98. The number of benzene rings is 1. The van der Waals surface area contributed by atoms with Gasteiger partial charge < -0.3 is 4.98 Å². The fourth-order valence-corrected chi connectivity index (χ4v) is 3.39. The maximum absolute atomic E-state index is 4.52. The van der Waals surface area contributed by atoms with Crippen LogP contribution in [0.15, 0.2) is 48.1 Å². The van der Waals surface area contributed by atoms with Crippen molar-refractivity contribution in [3.8, 4) is 0 Å². The van der Waals surface area contributed by atoms with Gasteiger partial charge in [-0.1, -0.05) is 43.7 Å². The Kier molecular flexibility index (Phi) is 6.15. The van der Waals surface area contributed by atoms with Crippen LogP contribution in [-0.2, 0) is 26.1 Å². The molecule has 0 spiro atoms. The second kappa shape index (κ2) is 8.76. The van der Waals surface area contributed by atoms with Gasteiger partial charge in [-0.05, 0) is 12.0 Å². The summed E-state index contributed by atoms with van der Waals surface area (Å²) in [6.45, 7) is 4.83. The Bertz CT molecular complexity index is 706. The molecular formula is C19H24N4S. The second-order valence-electron chi connectivity index (χ2n) is 6.02. The Labute approximate surface area is 147 Å². The number of hydrogen-bond donors (Lipinski definition) is 1. The minimum atomic E-state index is 0.855. The molecular weight excluding hydrogens is 316 g/mol. The van der Waals surface area contributed by atoms with Crippen LogP contribution < -0.4 is 0 Å². The van der Waals surface area contributed by atoms with Crippen molar-refractivity contribution < 1.29 is 0 Å². The zero-order valence-electron chi connectivity index (χ0n) is 14.1. The molecule has 1 N–H and O–H groups in total. The van der Waals surface area contributed by atoms with Crippen LogP contribution in [0.1, 0.15) is 41.9 Å². The van der Waals surface area contributed by atoms with Crippen LogP contribution >= 0.6 is 11.3 Å². The number of rotatable bonds is 9. The number of aryl methyl sites for hydroxylation is 1. The quantitative estimate of drug-likeness (QED) is 0.627.